The van der Waals surface area contributed by atoms with Gasteiger partial charge in [0.05, 0.1) is 5.52 Å². The van der Waals surface area contributed by atoms with Gasteiger partial charge < -0.3 is 5.11 Å². The molecule has 2 aromatic rings. The van der Waals surface area contributed by atoms with Crippen LogP contribution in [0.25, 0.3) is 10.9 Å². The summed E-state index contributed by atoms with van der Waals surface area (Å²) >= 11 is 0. The van der Waals surface area contributed by atoms with E-state index in [1.165, 1.54) is 10.9 Å². The smallest absolute Gasteiger partial charge is 0.0702 e. The van der Waals surface area contributed by atoms with Crippen LogP contribution in [0.2, 0.25) is 0 Å². The lowest BCUT2D eigenvalue weighted by Crippen LogP contribution is -1.90. The van der Waals surface area contributed by atoms with Crippen LogP contribution in [-0.4, -0.2) is 16.7 Å². The van der Waals surface area contributed by atoms with Crippen LogP contribution in [0, 0.1) is 5.92 Å². The third-order valence-corrected chi connectivity index (χ3v) is 3.20. The van der Waals surface area contributed by atoms with Crippen LogP contribution >= 0.6 is 0 Å². The Balaban J connectivity index is 2.00. The summed E-state index contributed by atoms with van der Waals surface area (Å²) in [5, 5.41) is 10.2. The number of fused-ring (bicyclic) bond motifs is 1. The van der Waals surface area contributed by atoms with E-state index in [2.05, 4.69) is 17.1 Å². The molecule has 1 aliphatic rings. The molecule has 1 aromatic heterocycles. The maximum Gasteiger partial charge on any atom is 0.0702 e. The lowest BCUT2D eigenvalue weighted by Gasteiger charge is -2.01. The minimum Gasteiger partial charge on any atom is -0.396 e. The minimum atomic E-state index is 0.303. The van der Waals surface area contributed by atoms with Crippen LogP contribution in [0.5, 0.6) is 0 Å². The maximum absolute atomic E-state index is 9.03. The van der Waals surface area contributed by atoms with E-state index in [-0.39, 0.29) is 0 Å². The van der Waals surface area contributed by atoms with E-state index in [9.17, 15) is 0 Å². The third kappa shape index (κ3) is 1.51. The number of aliphatic hydroxyl groups is 1. The minimum absolute atomic E-state index is 0.303. The average Bonchev–Trinajstić information content (AvgIpc) is 3.08. The van der Waals surface area contributed by atoms with Crippen molar-refractivity contribution in [2.24, 2.45) is 5.92 Å². The summed E-state index contributed by atoms with van der Waals surface area (Å²) in [6, 6.07) is 10.3. The highest BCUT2D eigenvalue weighted by Gasteiger charge is 2.37. The van der Waals surface area contributed by atoms with E-state index in [1.807, 2.05) is 24.4 Å². The van der Waals surface area contributed by atoms with E-state index in [0.29, 0.717) is 18.4 Å². The topological polar surface area (TPSA) is 33.1 Å². The molecule has 1 aromatic carbocycles. The Morgan fingerprint density at radius 3 is 3.00 bits per heavy atom. The van der Waals surface area contributed by atoms with Gasteiger partial charge in [-0.05, 0) is 36.0 Å². The number of pyridine rings is 1. The van der Waals surface area contributed by atoms with Crippen LogP contribution < -0.4 is 0 Å². The second kappa shape index (κ2) is 3.31. The molecule has 76 valence electrons. The molecule has 0 aliphatic heterocycles. The van der Waals surface area contributed by atoms with Crippen molar-refractivity contribution in [1.82, 2.24) is 4.98 Å². The first-order valence-corrected chi connectivity index (χ1v) is 5.34. The van der Waals surface area contributed by atoms with Crippen molar-refractivity contribution in [3.05, 3.63) is 42.1 Å². The second-order valence-electron chi connectivity index (χ2n) is 4.25. The molecule has 1 N–H and O–H groups in total. The fourth-order valence-electron chi connectivity index (χ4n) is 2.15. The van der Waals surface area contributed by atoms with E-state index >= 15 is 0 Å². The van der Waals surface area contributed by atoms with Crippen LogP contribution in [0.15, 0.2) is 36.5 Å². The standard InChI is InChI=1S/C13H13NO/c15-8-11-6-12(11)10-5-9-3-1-2-4-13(9)14-7-10/h1-5,7,11-12,15H,6,8H2/t11-,12+/m0/s1. The third-order valence-electron chi connectivity index (χ3n) is 3.20. The summed E-state index contributed by atoms with van der Waals surface area (Å²) in [5.41, 5.74) is 2.31. The number of benzene rings is 1. The quantitative estimate of drug-likeness (QED) is 0.805. The zero-order valence-corrected chi connectivity index (χ0v) is 8.43. The monoisotopic (exact) mass is 199 g/mol. The Kier molecular flexibility index (Phi) is 1.96. The fraction of sp³-hybridized carbons (Fsp3) is 0.308. The average molecular weight is 199 g/mol. The molecule has 2 atom stereocenters. The first-order valence-electron chi connectivity index (χ1n) is 5.34. The maximum atomic E-state index is 9.03. The molecule has 2 nitrogen and oxygen atoms in total. The summed E-state index contributed by atoms with van der Waals surface area (Å²) in [7, 11) is 0. The molecule has 1 saturated carbocycles. The molecule has 0 spiro atoms. The van der Waals surface area contributed by atoms with Gasteiger partial charge in [-0.25, -0.2) is 0 Å². The van der Waals surface area contributed by atoms with Gasteiger partial charge in [0.2, 0.25) is 0 Å². The summed E-state index contributed by atoms with van der Waals surface area (Å²) in [6.45, 7) is 0.303. The molecule has 0 unspecified atom stereocenters. The van der Waals surface area contributed by atoms with Crippen molar-refractivity contribution in [3.63, 3.8) is 0 Å². The second-order valence-corrected chi connectivity index (χ2v) is 4.25. The van der Waals surface area contributed by atoms with Gasteiger partial charge in [0, 0.05) is 18.2 Å². The van der Waals surface area contributed by atoms with Gasteiger partial charge in [-0.1, -0.05) is 18.2 Å². The van der Waals surface area contributed by atoms with Crippen molar-refractivity contribution >= 4 is 10.9 Å². The van der Waals surface area contributed by atoms with Crippen LogP contribution in [0.3, 0.4) is 0 Å². The molecule has 0 radical (unpaired) electrons. The molecule has 1 aliphatic carbocycles. The summed E-state index contributed by atoms with van der Waals surface area (Å²) < 4.78 is 0. The van der Waals surface area contributed by atoms with Gasteiger partial charge in [-0.2, -0.15) is 0 Å². The highest BCUT2D eigenvalue weighted by atomic mass is 16.3. The Bertz CT molecular complexity index is 495. The van der Waals surface area contributed by atoms with E-state index in [0.717, 1.165) is 11.9 Å². The molecule has 2 heteroatoms. The predicted octanol–water partition coefficient (Wildman–Crippen LogP) is 2.33. The Morgan fingerprint density at radius 2 is 2.20 bits per heavy atom. The Morgan fingerprint density at radius 1 is 1.33 bits per heavy atom. The van der Waals surface area contributed by atoms with Gasteiger partial charge in [0.1, 0.15) is 0 Å². The zero-order valence-electron chi connectivity index (χ0n) is 8.43. The number of hydrogen-bond acceptors (Lipinski definition) is 2. The largest absolute Gasteiger partial charge is 0.396 e. The highest BCUT2D eigenvalue weighted by molar-refractivity contribution is 5.78. The van der Waals surface area contributed by atoms with Crippen LogP contribution in [0.1, 0.15) is 17.9 Å². The van der Waals surface area contributed by atoms with Gasteiger partial charge in [0.25, 0.3) is 0 Å². The molecule has 15 heavy (non-hydrogen) atoms. The fourth-order valence-corrected chi connectivity index (χ4v) is 2.15. The molecular weight excluding hydrogens is 186 g/mol. The van der Waals surface area contributed by atoms with Gasteiger partial charge in [0.15, 0.2) is 0 Å². The van der Waals surface area contributed by atoms with Crippen molar-refractivity contribution in [2.75, 3.05) is 6.61 Å². The van der Waals surface area contributed by atoms with E-state index < -0.39 is 0 Å². The summed E-state index contributed by atoms with van der Waals surface area (Å²) in [6.07, 6.45) is 3.05. The molecule has 0 amide bonds. The highest BCUT2D eigenvalue weighted by Crippen LogP contribution is 2.47. The normalized spacial score (nSPS) is 24.3. The Labute approximate surface area is 88.6 Å². The van der Waals surface area contributed by atoms with Gasteiger partial charge in [-0.3, -0.25) is 4.98 Å². The summed E-state index contributed by atoms with van der Waals surface area (Å²) in [5.74, 6) is 1.00. The summed E-state index contributed by atoms with van der Waals surface area (Å²) in [4.78, 5) is 4.43. The number of para-hydroxylation sites is 1. The molecule has 0 saturated heterocycles. The lowest BCUT2D eigenvalue weighted by atomic mass is 10.1. The molecule has 3 rings (SSSR count). The molecule has 1 heterocycles. The SMILES string of the molecule is OC[C@@H]1C[C@@H]1c1cnc2ccccc2c1. The van der Waals surface area contributed by atoms with Gasteiger partial charge in [-0.15, -0.1) is 0 Å². The van der Waals surface area contributed by atoms with Crippen molar-refractivity contribution in [2.45, 2.75) is 12.3 Å². The Hall–Kier alpha value is -1.41. The van der Waals surface area contributed by atoms with Crippen LogP contribution in [-0.2, 0) is 0 Å². The first kappa shape index (κ1) is 8.86. The van der Waals surface area contributed by atoms with Crippen molar-refractivity contribution in [3.8, 4) is 0 Å². The lowest BCUT2D eigenvalue weighted by molar-refractivity contribution is 0.274. The molecule has 1 fully saturated rings. The number of aromatic nitrogens is 1. The number of hydrogen-bond donors (Lipinski definition) is 1. The first-order chi connectivity index (χ1) is 7.38. The van der Waals surface area contributed by atoms with E-state index in [4.69, 9.17) is 5.11 Å². The van der Waals surface area contributed by atoms with Crippen molar-refractivity contribution in [1.29, 1.82) is 0 Å². The molecule has 0 bridgehead atoms. The number of aliphatic hydroxyl groups excluding tert-OH is 1. The van der Waals surface area contributed by atoms with Gasteiger partial charge >= 0.3 is 0 Å². The number of nitrogens with zero attached hydrogens (tertiary/aromatic N) is 1. The van der Waals surface area contributed by atoms with Crippen molar-refractivity contribution < 1.29 is 5.11 Å². The predicted molar refractivity (Wildman–Crippen MR) is 59.7 cm³/mol. The van der Waals surface area contributed by atoms with Crippen LogP contribution in [0.4, 0.5) is 0 Å². The molecular formula is C13H13NO. The number of rotatable bonds is 2. The zero-order chi connectivity index (χ0) is 10.3. The van der Waals surface area contributed by atoms with E-state index in [1.54, 1.807) is 0 Å².